The Labute approximate surface area is 154 Å². The van der Waals surface area contributed by atoms with E-state index >= 15 is 0 Å². The summed E-state index contributed by atoms with van der Waals surface area (Å²) in [5.41, 5.74) is -0.981. The van der Waals surface area contributed by atoms with Gasteiger partial charge in [-0.05, 0) is 6.92 Å². The fraction of sp³-hybridized carbons (Fsp3) is 0.533. The molecular weight excluding hydrogens is 359 g/mol. The number of fused-ring (bicyclic) bond motifs is 1. The number of rotatable bonds is 5. The Morgan fingerprint density at radius 2 is 2.19 bits per heavy atom. The molecule has 0 aliphatic carbocycles. The monoisotopic (exact) mass is 380 g/mol. The molecule has 3 rings (SSSR count). The third-order valence-corrected chi connectivity index (χ3v) is 4.82. The summed E-state index contributed by atoms with van der Waals surface area (Å²) in [6, 6.07) is 0. The van der Waals surface area contributed by atoms with E-state index in [0.29, 0.717) is 0 Å². The van der Waals surface area contributed by atoms with E-state index in [2.05, 4.69) is 15.3 Å². The SMILES string of the molecule is CO[C@]1(C)C(O)C(CO)O[C@H]1n1cc(B(O)O)c2c(NC(C)=O)ncnc21. The fourth-order valence-corrected chi connectivity index (χ4v) is 3.35. The van der Waals surface area contributed by atoms with Gasteiger partial charge < -0.3 is 39.6 Å². The van der Waals surface area contributed by atoms with Gasteiger partial charge in [0.2, 0.25) is 5.91 Å². The molecule has 3 heterocycles. The van der Waals surface area contributed by atoms with Gasteiger partial charge in [-0.2, -0.15) is 0 Å². The van der Waals surface area contributed by atoms with Crippen molar-refractivity contribution < 1.29 is 34.5 Å². The molecule has 4 atom stereocenters. The Balaban J connectivity index is 2.22. The maximum absolute atomic E-state index is 11.5. The number of ether oxygens (including phenoxy) is 2. The minimum absolute atomic E-state index is 0.0401. The van der Waals surface area contributed by atoms with Crippen molar-refractivity contribution in [1.29, 1.82) is 0 Å². The Kier molecular flexibility index (Phi) is 5.21. The fourth-order valence-electron chi connectivity index (χ4n) is 3.35. The van der Waals surface area contributed by atoms with Gasteiger partial charge in [-0.3, -0.25) is 4.79 Å². The Morgan fingerprint density at radius 3 is 2.74 bits per heavy atom. The van der Waals surface area contributed by atoms with Crippen molar-refractivity contribution in [1.82, 2.24) is 14.5 Å². The van der Waals surface area contributed by atoms with Gasteiger partial charge in [0.15, 0.2) is 6.23 Å². The molecule has 0 bridgehead atoms. The van der Waals surface area contributed by atoms with Crippen molar-refractivity contribution in [2.75, 3.05) is 19.0 Å². The van der Waals surface area contributed by atoms with Crippen LogP contribution in [0, 0.1) is 0 Å². The molecule has 5 N–H and O–H groups in total. The minimum Gasteiger partial charge on any atom is -0.423 e. The summed E-state index contributed by atoms with van der Waals surface area (Å²) in [5, 5.41) is 42.3. The first kappa shape index (κ1) is 19.7. The van der Waals surface area contributed by atoms with Crippen LogP contribution in [0.2, 0.25) is 0 Å². The molecule has 2 aromatic heterocycles. The number of nitrogens with one attached hydrogen (secondary N) is 1. The van der Waals surface area contributed by atoms with Gasteiger partial charge >= 0.3 is 7.12 Å². The van der Waals surface area contributed by atoms with Crippen LogP contribution in [0.1, 0.15) is 20.1 Å². The van der Waals surface area contributed by atoms with Crippen LogP contribution in [-0.2, 0) is 14.3 Å². The summed E-state index contributed by atoms with van der Waals surface area (Å²) in [4.78, 5) is 19.6. The molecule has 27 heavy (non-hydrogen) atoms. The van der Waals surface area contributed by atoms with Crippen molar-refractivity contribution in [3.8, 4) is 0 Å². The van der Waals surface area contributed by atoms with E-state index in [9.17, 15) is 25.1 Å². The zero-order valence-corrected chi connectivity index (χ0v) is 15.0. The van der Waals surface area contributed by atoms with Gasteiger partial charge in [-0.1, -0.05) is 0 Å². The average molecular weight is 380 g/mol. The van der Waals surface area contributed by atoms with Gasteiger partial charge in [0, 0.05) is 25.7 Å². The molecule has 1 saturated heterocycles. The summed E-state index contributed by atoms with van der Waals surface area (Å²) in [5.74, 6) is -0.290. The predicted molar refractivity (Wildman–Crippen MR) is 94.1 cm³/mol. The molecule has 1 fully saturated rings. The molecule has 0 saturated carbocycles. The number of methoxy groups -OCH3 is 1. The Bertz CT molecular complexity index is 860. The van der Waals surface area contributed by atoms with Crippen molar-refractivity contribution in [3.63, 3.8) is 0 Å². The van der Waals surface area contributed by atoms with Crippen molar-refractivity contribution in [2.24, 2.45) is 0 Å². The van der Waals surface area contributed by atoms with Crippen LogP contribution in [0.4, 0.5) is 5.82 Å². The lowest BCUT2D eigenvalue weighted by Gasteiger charge is -2.31. The van der Waals surface area contributed by atoms with Crippen LogP contribution < -0.4 is 10.8 Å². The highest BCUT2D eigenvalue weighted by atomic mass is 16.6. The average Bonchev–Trinajstić information content (AvgIpc) is 3.12. The zero-order chi connectivity index (χ0) is 19.9. The predicted octanol–water partition coefficient (Wildman–Crippen LogP) is -2.27. The van der Waals surface area contributed by atoms with Crippen molar-refractivity contribution in [2.45, 2.75) is 37.9 Å². The number of carbonyl (C=O) groups excluding carboxylic acids is 1. The standard InChI is InChI=1S/C15H21BN4O7/c1-7(22)19-12-10-8(16(24)25)4-20(13(10)18-6-17-12)14-15(2,26-3)11(23)9(5-21)27-14/h4,6,9,11,14,21,23-25H,5H2,1-3H3,(H,17,18,19,22)/t9?,11?,14-,15-/m1/s1. The van der Waals surface area contributed by atoms with Crippen molar-refractivity contribution >= 4 is 35.3 Å². The number of hydrogen-bond acceptors (Lipinski definition) is 9. The van der Waals surface area contributed by atoms with Gasteiger partial charge in [0.25, 0.3) is 0 Å². The molecule has 2 aromatic rings. The molecule has 12 heteroatoms. The molecular formula is C15H21BN4O7. The third kappa shape index (κ3) is 3.10. The molecule has 2 unspecified atom stereocenters. The van der Waals surface area contributed by atoms with Crippen LogP contribution in [0.5, 0.6) is 0 Å². The van der Waals surface area contributed by atoms with Gasteiger partial charge in [-0.15, -0.1) is 0 Å². The maximum Gasteiger partial charge on any atom is 0.490 e. The second-order valence-electron chi connectivity index (χ2n) is 6.51. The van der Waals surface area contributed by atoms with Crippen molar-refractivity contribution in [3.05, 3.63) is 12.5 Å². The number of aromatic nitrogens is 3. The molecule has 0 aromatic carbocycles. The normalized spacial score (nSPS) is 27.9. The van der Waals surface area contributed by atoms with Gasteiger partial charge in [-0.25, -0.2) is 9.97 Å². The van der Waals surface area contributed by atoms with Gasteiger partial charge in [0.1, 0.15) is 35.6 Å². The molecule has 1 amide bonds. The van der Waals surface area contributed by atoms with E-state index in [1.165, 1.54) is 31.1 Å². The summed E-state index contributed by atoms with van der Waals surface area (Å²) in [7, 11) is -0.481. The zero-order valence-electron chi connectivity index (χ0n) is 15.0. The molecule has 1 aliphatic rings. The highest BCUT2D eigenvalue weighted by molar-refractivity contribution is 6.62. The summed E-state index contributed by atoms with van der Waals surface area (Å²) >= 11 is 0. The van der Waals surface area contributed by atoms with Crippen LogP contribution in [0.3, 0.4) is 0 Å². The number of aliphatic hydroxyl groups excluding tert-OH is 2. The summed E-state index contributed by atoms with van der Waals surface area (Å²) < 4.78 is 12.7. The first-order valence-electron chi connectivity index (χ1n) is 8.23. The maximum atomic E-state index is 11.5. The topological polar surface area (TPSA) is 159 Å². The number of nitrogens with zero attached hydrogens (tertiary/aromatic N) is 3. The van der Waals surface area contributed by atoms with Gasteiger partial charge in [0.05, 0.1) is 12.0 Å². The molecule has 0 spiro atoms. The lowest BCUT2D eigenvalue weighted by Crippen LogP contribution is -2.46. The molecule has 146 valence electrons. The number of carbonyl (C=O) groups is 1. The number of amides is 1. The summed E-state index contributed by atoms with van der Waals surface area (Å²) in [6.07, 6.45) is -0.407. The van der Waals surface area contributed by atoms with E-state index in [1.54, 1.807) is 6.92 Å². The third-order valence-electron chi connectivity index (χ3n) is 4.82. The van der Waals surface area contributed by atoms with Crippen LogP contribution in [0.15, 0.2) is 12.5 Å². The highest BCUT2D eigenvalue weighted by Gasteiger charge is 2.55. The minimum atomic E-state index is -1.87. The van der Waals surface area contributed by atoms with Crippen LogP contribution in [0.25, 0.3) is 11.0 Å². The quantitative estimate of drug-likeness (QED) is 0.360. The van der Waals surface area contributed by atoms with E-state index in [0.717, 1.165) is 0 Å². The number of anilines is 1. The molecule has 0 radical (unpaired) electrons. The molecule has 1 aliphatic heterocycles. The Morgan fingerprint density at radius 1 is 1.48 bits per heavy atom. The lowest BCUT2D eigenvalue weighted by atomic mass is 9.80. The lowest BCUT2D eigenvalue weighted by molar-refractivity contribution is -0.118. The first-order chi connectivity index (χ1) is 12.7. The van der Waals surface area contributed by atoms with Crippen LogP contribution >= 0.6 is 0 Å². The number of hydrogen-bond donors (Lipinski definition) is 5. The van der Waals surface area contributed by atoms with E-state index < -0.39 is 43.7 Å². The van der Waals surface area contributed by atoms with Crippen LogP contribution in [-0.4, -0.2) is 79.3 Å². The second kappa shape index (κ2) is 7.15. The molecule has 11 nitrogen and oxygen atoms in total. The number of aliphatic hydroxyl groups is 2. The van der Waals surface area contributed by atoms with E-state index in [1.807, 2.05) is 0 Å². The Hall–Kier alpha value is -2.09. The smallest absolute Gasteiger partial charge is 0.423 e. The van der Waals surface area contributed by atoms with E-state index in [-0.39, 0.29) is 22.3 Å². The van der Waals surface area contributed by atoms with E-state index in [4.69, 9.17) is 9.47 Å². The highest BCUT2D eigenvalue weighted by Crippen LogP contribution is 2.42. The summed E-state index contributed by atoms with van der Waals surface area (Å²) in [6.45, 7) is 2.47. The first-order valence-corrected chi connectivity index (χ1v) is 8.23. The second-order valence-corrected chi connectivity index (χ2v) is 6.51. The largest absolute Gasteiger partial charge is 0.490 e.